The Morgan fingerprint density at radius 2 is 2.11 bits per heavy atom. The second kappa shape index (κ2) is 6.21. The van der Waals surface area contributed by atoms with Crippen molar-refractivity contribution in [3.8, 4) is 0 Å². The van der Waals surface area contributed by atoms with Gasteiger partial charge in [-0.2, -0.15) is 0 Å². The summed E-state index contributed by atoms with van der Waals surface area (Å²) in [5.74, 6) is -0.0488. The van der Waals surface area contributed by atoms with Crippen molar-refractivity contribution in [2.75, 3.05) is 10.6 Å². The zero-order valence-electron chi connectivity index (χ0n) is 10.8. The van der Waals surface area contributed by atoms with Crippen LogP contribution in [-0.2, 0) is 11.3 Å². The maximum absolute atomic E-state index is 11.0. The molecule has 0 aliphatic rings. The largest absolute Gasteiger partial charge is 0.380 e. The topological polar surface area (TPSA) is 41.1 Å². The van der Waals surface area contributed by atoms with E-state index < -0.39 is 0 Å². The van der Waals surface area contributed by atoms with Gasteiger partial charge in [0.15, 0.2) is 0 Å². The normalized spacial score (nSPS) is 10.3. The highest BCUT2D eigenvalue weighted by Gasteiger charge is 2.02. The highest BCUT2D eigenvalue weighted by Crippen LogP contribution is 2.24. The highest BCUT2D eigenvalue weighted by atomic mass is 79.9. The molecule has 5 heteroatoms. The summed E-state index contributed by atoms with van der Waals surface area (Å²) in [5.41, 5.74) is 2.96. The Morgan fingerprint density at radius 1 is 1.32 bits per heavy atom. The third-order valence-electron chi connectivity index (χ3n) is 2.63. The molecule has 0 bridgehead atoms. The fourth-order valence-corrected chi connectivity index (χ4v) is 3.16. The molecule has 0 saturated carbocycles. The summed E-state index contributed by atoms with van der Waals surface area (Å²) < 4.78 is 1.14. The molecule has 2 rings (SSSR count). The number of thiophene rings is 1. The Kier molecular flexibility index (Phi) is 4.61. The molecule has 0 unspecified atom stereocenters. The van der Waals surface area contributed by atoms with Gasteiger partial charge in [-0.3, -0.25) is 4.79 Å². The number of amides is 1. The van der Waals surface area contributed by atoms with Crippen molar-refractivity contribution < 1.29 is 4.79 Å². The summed E-state index contributed by atoms with van der Waals surface area (Å²) in [5, 5.41) is 6.18. The van der Waals surface area contributed by atoms with Gasteiger partial charge < -0.3 is 10.6 Å². The third kappa shape index (κ3) is 4.08. The number of halogens is 1. The molecule has 19 heavy (non-hydrogen) atoms. The molecule has 0 atom stereocenters. The lowest BCUT2D eigenvalue weighted by molar-refractivity contribution is -0.114. The van der Waals surface area contributed by atoms with Gasteiger partial charge in [0.1, 0.15) is 0 Å². The van der Waals surface area contributed by atoms with E-state index in [1.807, 2.05) is 31.2 Å². The summed E-state index contributed by atoms with van der Waals surface area (Å²) in [6.45, 7) is 4.30. The fraction of sp³-hybridized carbons (Fsp3) is 0.214. The van der Waals surface area contributed by atoms with Gasteiger partial charge in [-0.1, -0.05) is 0 Å². The van der Waals surface area contributed by atoms with Crippen molar-refractivity contribution in [2.24, 2.45) is 0 Å². The molecule has 1 heterocycles. The van der Waals surface area contributed by atoms with E-state index in [9.17, 15) is 4.79 Å². The fourth-order valence-electron chi connectivity index (χ4n) is 1.74. The minimum atomic E-state index is -0.0488. The number of anilines is 2. The number of aryl methyl sites for hydroxylation is 1. The number of rotatable bonds is 4. The van der Waals surface area contributed by atoms with Crippen molar-refractivity contribution in [1.82, 2.24) is 0 Å². The maximum Gasteiger partial charge on any atom is 0.221 e. The minimum Gasteiger partial charge on any atom is -0.380 e. The van der Waals surface area contributed by atoms with E-state index in [-0.39, 0.29) is 5.91 Å². The molecule has 2 N–H and O–H groups in total. The van der Waals surface area contributed by atoms with E-state index in [4.69, 9.17) is 0 Å². The van der Waals surface area contributed by atoms with Gasteiger partial charge in [0.05, 0.1) is 3.79 Å². The van der Waals surface area contributed by atoms with Gasteiger partial charge >= 0.3 is 0 Å². The van der Waals surface area contributed by atoms with Gasteiger partial charge in [-0.05, 0) is 58.7 Å². The zero-order valence-corrected chi connectivity index (χ0v) is 13.2. The number of hydrogen-bond acceptors (Lipinski definition) is 3. The van der Waals surface area contributed by atoms with E-state index in [0.717, 1.165) is 27.3 Å². The van der Waals surface area contributed by atoms with Crippen LogP contribution in [0, 0.1) is 6.92 Å². The minimum absolute atomic E-state index is 0.0488. The van der Waals surface area contributed by atoms with Gasteiger partial charge in [-0.25, -0.2) is 0 Å². The number of carbonyl (C=O) groups is 1. The predicted octanol–water partition coefficient (Wildman–Crippen LogP) is 4.39. The second-order valence-electron chi connectivity index (χ2n) is 4.27. The van der Waals surface area contributed by atoms with Crippen molar-refractivity contribution >= 4 is 44.5 Å². The van der Waals surface area contributed by atoms with Crippen LogP contribution in [0.4, 0.5) is 11.4 Å². The average Bonchev–Trinajstić information content (AvgIpc) is 2.75. The van der Waals surface area contributed by atoms with Crippen LogP contribution in [0.25, 0.3) is 0 Å². The summed E-state index contributed by atoms with van der Waals surface area (Å²) in [6.07, 6.45) is 0. The first kappa shape index (κ1) is 14.1. The second-order valence-corrected chi connectivity index (χ2v) is 6.82. The van der Waals surface area contributed by atoms with E-state index in [0.29, 0.717) is 0 Å². The molecule has 2 aromatic rings. The van der Waals surface area contributed by atoms with E-state index >= 15 is 0 Å². The Bertz CT molecular complexity index is 595. The molecule has 1 aromatic carbocycles. The van der Waals surface area contributed by atoms with E-state index in [2.05, 4.69) is 32.6 Å². The number of nitrogens with one attached hydrogen (secondary N) is 2. The van der Waals surface area contributed by atoms with Crippen LogP contribution in [0.15, 0.2) is 34.1 Å². The maximum atomic E-state index is 11.0. The lowest BCUT2D eigenvalue weighted by atomic mass is 10.1. The molecule has 0 saturated heterocycles. The van der Waals surface area contributed by atoms with Crippen molar-refractivity contribution in [3.63, 3.8) is 0 Å². The Morgan fingerprint density at radius 3 is 2.68 bits per heavy atom. The van der Waals surface area contributed by atoms with Gasteiger partial charge in [0, 0.05) is 29.7 Å². The van der Waals surface area contributed by atoms with Crippen LogP contribution in [0.5, 0.6) is 0 Å². The summed E-state index contributed by atoms with van der Waals surface area (Å²) >= 11 is 5.17. The van der Waals surface area contributed by atoms with Crippen LogP contribution in [0.1, 0.15) is 17.4 Å². The first-order valence-corrected chi connectivity index (χ1v) is 7.52. The highest BCUT2D eigenvalue weighted by molar-refractivity contribution is 9.11. The van der Waals surface area contributed by atoms with E-state index in [1.165, 1.54) is 11.8 Å². The first-order chi connectivity index (χ1) is 9.04. The molecule has 0 radical (unpaired) electrons. The number of carbonyl (C=O) groups excluding carboxylic acids is 1. The summed E-state index contributed by atoms with van der Waals surface area (Å²) in [4.78, 5) is 12.3. The van der Waals surface area contributed by atoms with Crippen molar-refractivity contribution in [3.05, 3.63) is 44.6 Å². The predicted molar refractivity (Wildman–Crippen MR) is 84.8 cm³/mol. The van der Waals surface area contributed by atoms with Gasteiger partial charge in [0.2, 0.25) is 5.91 Å². The van der Waals surface area contributed by atoms with E-state index in [1.54, 1.807) is 11.3 Å². The molecule has 1 amide bonds. The van der Waals surface area contributed by atoms with Crippen LogP contribution in [-0.4, -0.2) is 5.91 Å². The molecule has 100 valence electrons. The monoisotopic (exact) mass is 338 g/mol. The molecule has 0 fully saturated rings. The SMILES string of the molecule is CC(=O)Nc1ccc(NCc2ccc(Br)s2)cc1C. The summed E-state index contributed by atoms with van der Waals surface area (Å²) in [7, 11) is 0. The molecule has 0 spiro atoms. The van der Waals surface area contributed by atoms with Crippen molar-refractivity contribution in [2.45, 2.75) is 20.4 Å². The smallest absolute Gasteiger partial charge is 0.221 e. The number of hydrogen-bond donors (Lipinski definition) is 2. The first-order valence-electron chi connectivity index (χ1n) is 5.91. The van der Waals surface area contributed by atoms with Crippen LogP contribution < -0.4 is 10.6 Å². The Labute approximate surface area is 125 Å². The van der Waals surface area contributed by atoms with Crippen LogP contribution >= 0.6 is 27.3 Å². The molecule has 3 nitrogen and oxygen atoms in total. The molecule has 0 aliphatic carbocycles. The van der Waals surface area contributed by atoms with Crippen molar-refractivity contribution in [1.29, 1.82) is 0 Å². The molecule has 1 aromatic heterocycles. The summed E-state index contributed by atoms with van der Waals surface area (Å²) in [6, 6.07) is 10.1. The van der Waals surface area contributed by atoms with Gasteiger partial charge in [0.25, 0.3) is 0 Å². The molecular weight excluding hydrogens is 324 g/mol. The lowest BCUT2D eigenvalue weighted by Crippen LogP contribution is -2.07. The van der Waals surface area contributed by atoms with Crippen LogP contribution in [0.2, 0.25) is 0 Å². The van der Waals surface area contributed by atoms with Crippen LogP contribution in [0.3, 0.4) is 0 Å². The Balaban J connectivity index is 2.01. The van der Waals surface area contributed by atoms with Gasteiger partial charge in [-0.15, -0.1) is 11.3 Å². The third-order valence-corrected chi connectivity index (χ3v) is 4.26. The average molecular weight is 339 g/mol. The standard InChI is InChI=1S/C14H15BrN2OS/c1-9-7-11(3-5-13(9)17-10(2)18)16-8-12-4-6-14(15)19-12/h3-7,16H,8H2,1-2H3,(H,17,18). The Hall–Kier alpha value is -1.33. The molecule has 0 aliphatic heterocycles. The quantitative estimate of drug-likeness (QED) is 0.867. The zero-order chi connectivity index (χ0) is 13.8. The number of benzene rings is 1. The molecular formula is C14H15BrN2OS. The lowest BCUT2D eigenvalue weighted by Gasteiger charge is -2.10.